The fourth-order valence-electron chi connectivity index (χ4n) is 6.97. The molecule has 6 N–H and O–H groups in total. The van der Waals surface area contributed by atoms with Gasteiger partial charge < -0.3 is 44.7 Å². The highest BCUT2D eigenvalue weighted by molar-refractivity contribution is 7.61. The minimum atomic E-state index is -5.43. The molecule has 3 rings (SSSR count). The van der Waals surface area contributed by atoms with Crippen LogP contribution in [0, 0.1) is 5.92 Å². The van der Waals surface area contributed by atoms with Gasteiger partial charge in [-0.2, -0.15) is 9.29 Å². The lowest BCUT2D eigenvalue weighted by molar-refractivity contribution is -0.161. The van der Waals surface area contributed by atoms with Crippen molar-refractivity contribution in [1.82, 2.24) is 9.55 Å². The van der Waals surface area contributed by atoms with Crippen LogP contribution in [-0.2, 0) is 51.0 Å². The molecule has 0 aromatic carbocycles. The Labute approximate surface area is 389 Å². The van der Waals surface area contributed by atoms with Gasteiger partial charge in [-0.05, 0) is 63.4 Å². The van der Waals surface area contributed by atoms with Crippen LogP contribution in [0.4, 0.5) is 5.82 Å². The predicted octanol–water partition coefficient (Wildman–Crippen LogP) is 7.67. The number of esters is 2. The number of allylic oxidation sites excluding steroid dienone is 4. The first-order valence-electron chi connectivity index (χ1n) is 23.5. The van der Waals surface area contributed by atoms with Gasteiger partial charge in [-0.15, -0.1) is 0 Å². The maximum atomic E-state index is 12.8. The fourth-order valence-corrected chi connectivity index (χ4v) is 9.08. The lowest BCUT2D eigenvalue weighted by Crippen LogP contribution is -2.36. The number of nitrogens with two attached hydrogens (primary N) is 1. The molecule has 66 heavy (non-hydrogen) atoms. The molecule has 3 heterocycles. The summed E-state index contributed by atoms with van der Waals surface area (Å²) in [5, 5.41) is 20.9. The van der Waals surface area contributed by atoms with E-state index < -0.39 is 83.7 Å². The van der Waals surface area contributed by atoms with Gasteiger partial charge in [0, 0.05) is 19.0 Å². The second kappa shape index (κ2) is 31.1. The third-order valence-corrected chi connectivity index (χ3v) is 13.8. The molecule has 5 unspecified atom stereocenters. The van der Waals surface area contributed by atoms with Crippen molar-refractivity contribution in [1.29, 1.82) is 0 Å². The van der Waals surface area contributed by atoms with E-state index in [1.807, 2.05) is 12.2 Å². The van der Waals surface area contributed by atoms with E-state index in [0.717, 1.165) is 75.0 Å². The van der Waals surface area contributed by atoms with Crippen LogP contribution in [0.1, 0.15) is 149 Å². The summed E-state index contributed by atoms with van der Waals surface area (Å²) in [6, 6.07) is 1.24. The average Bonchev–Trinajstić information content (AvgIpc) is 3.96. The maximum absolute atomic E-state index is 12.8. The Bertz CT molecular complexity index is 1830. The Morgan fingerprint density at radius 2 is 1.44 bits per heavy atom. The Balaban J connectivity index is 1.43. The Morgan fingerprint density at radius 1 is 0.803 bits per heavy atom. The van der Waals surface area contributed by atoms with Crippen LogP contribution in [-0.4, -0.2) is 97.9 Å². The van der Waals surface area contributed by atoms with E-state index in [9.17, 15) is 43.5 Å². The van der Waals surface area contributed by atoms with E-state index in [2.05, 4.69) is 54.4 Å². The third kappa shape index (κ3) is 23.8. The number of hydrogen-bond donors (Lipinski definition) is 5. The van der Waals surface area contributed by atoms with Crippen molar-refractivity contribution in [2.45, 2.75) is 186 Å². The molecule has 376 valence electrons. The maximum Gasteiger partial charge on any atom is 0.481 e. The summed E-state index contributed by atoms with van der Waals surface area (Å²) in [6.45, 7) is 4.26. The van der Waals surface area contributed by atoms with Crippen LogP contribution in [0.25, 0.3) is 0 Å². The number of nitrogens with zero attached hydrogens (tertiary/aromatic N) is 2. The summed E-state index contributed by atoms with van der Waals surface area (Å²) in [6.07, 6.45) is 23.0. The highest BCUT2D eigenvalue weighted by atomic mass is 31.3. The van der Waals surface area contributed by atoms with Crippen molar-refractivity contribution in [3.05, 3.63) is 59.2 Å². The first kappa shape index (κ1) is 57.3. The predicted molar refractivity (Wildman–Crippen MR) is 247 cm³/mol. The molecular weight excluding hydrogens is 900 g/mol. The summed E-state index contributed by atoms with van der Waals surface area (Å²) < 4.78 is 62.3. The van der Waals surface area contributed by atoms with Gasteiger partial charge in [0.2, 0.25) is 0 Å². The molecule has 0 radical (unpaired) electrons. The number of epoxide rings is 1. The van der Waals surface area contributed by atoms with Gasteiger partial charge in [0.15, 0.2) is 12.3 Å². The highest BCUT2D eigenvalue weighted by Gasteiger charge is 2.46. The third-order valence-electron chi connectivity index (χ3n) is 11.2. The zero-order chi connectivity index (χ0) is 48.4. The summed E-state index contributed by atoms with van der Waals surface area (Å²) in [5.74, 6) is -0.674. The van der Waals surface area contributed by atoms with E-state index in [4.69, 9.17) is 33.7 Å². The fraction of sp³-hybridized carbons (Fsp3) is 0.733. The first-order valence-corrected chi connectivity index (χ1v) is 26.5. The molecule has 0 aliphatic carbocycles. The Kier molecular flexibility index (Phi) is 27.0. The van der Waals surface area contributed by atoms with Gasteiger partial charge >= 0.3 is 33.3 Å². The van der Waals surface area contributed by atoms with Crippen molar-refractivity contribution in [3.8, 4) is 0 Å². The minimum absolute atomic E-state index is 0.0327. The van der Waals surface area contributed by atoms with Crippen LogP contribution >= 0.6 is 15.6 Å². The number of nitrogen functional groups attached to an aromatic ring is 1. The van der Waals surface area contributed by atoms with Gasteiger partial charge in [-0.3, -0.25) is 23.2 Å². The number of carbonyl (C=O) groups is 2. The molecule has 1 aromatic heterocycles. The number of aliphatic hydroxyl groups is 2. The molecular formula is C45H75N3O16P2. The Morgan fingerprint density at radius 3 is 2.15 bits per heavy atom. The van der Waals surface area contributed by atoms with Crippen LogP contribution < -0.4 is 11.4 Å². The summed E-state index contributed by atoms with van der Waals surface area (Å²) in [5.41, 5.74) is 4.57. The largest absolute Gasteiger partial charge is 0.481 e. The molecule has 2 fully saturated rings. The van der Waals surface area contributed by atoms with Gasteiger partial charge in [0.1, 0.15) is 30.7 Å². The molecule has 0 spiro atoms. The van der Waals surface area contributed by atoms with E-state index in [1.165, 1.54) is 31.7 Å². The second-order valence-corrected chi connectivity index (χ2v) is 19.9. The topological polar surface area (TPSA) is 278 Å². The van der Waals surface area contributed by atoms with E-state index in [0.29, 0.717) is 25.2 Å². The van der Waals surface area contributed by atoms with Gasteiger partial charge in [-0.1, -0.05) is 115 Å². The smallest absolute Gasteiger partial charge is 0.462 e. The van der Waals surface area contributed by atoms with Crippen LogP contribution in [0.15, 0.2) is 53.5 Å². The number of unbranched alkanes of at least 4 members (excludes halogenated alkanes) is 9. The number of rotatable bonds is 36. The number of anilines is 1. The van der Waals surface area contributed by atoms with Crippen LogP contribution in [0.2, 0.25) is 0 Å². The average molecular weight is 976 g/mol. The number of ether oxygens (including phenoxy) is 4. The van der Waals surface area contributed by atoms with Gasteiger partial charge in [0.25, 0.3) is 0 Å². The van der Waals surface area contributed by atoms with Crippen molar-refractivity contribution in [2.24, 2.45) is 5.92 Å². The quantitative estimate of drug-likeness (QED) is 0.0142. The molecule has 21 heteroatoms. The molecule has 0 saturated carbocycles. The summed E-state index contributed by atoms with van der Waals surface area (Å²) >= 11 is 0. The van der Waals surface area contributed by atoms with E-state index >= 15 is 0 Å². The highest BCUT2D eigenvalue weighted by Crippen LogP contribution is 2.60. The van der Waals surface area contributed by atoms with Crippen molar-refractivity contribution < 1.29 is 71.0 Å². The molecule has 2 aliphatic rings. The monoisotopic (exact) mass is 975 g/mol. The number of phosphoric ester groups is 2. The molecule has 2 aliphatic heterocycles. The lowest BCUT2D eigenvalue weighted by atomic mass is 10.00. The molecule has 2 saturated heterocycles. The van der Waals surface area contributed by atoms with Crippen molar-refractivity contribution in [3.63, 3.8) is 0 Å². The zero-order valence-electron chi connectivity index (χ0n) is 38.8. The number of phosphoric acid groups is 2. The summed E-state index contributed by atoms with van der Waals surface area (Å²) in [7, 11) is -10.9. The lowest BCUT2D eigenvalue weighted by Gasteiger charge is -2.21. The van der Waals surface area contributed by atoms with E-state index in [1.54, 1.807) is 0 Å². The number of hydrogen-bond acceptors (Lipinski definition) is 16. The SMILES string of the molecule is CCCCC/C=C\C/C=C\CC1OC1C/C=C\CCCC(=O)OC[C@H](COP(=O)(O)OP(=O)(O)OC[C@H]1O[C@@H](n2ccc(N)nc2=O)[C@H](O)[C@@H]1O)OC(=O)CCCCCCCCC(C)CC. The number of aromatic nitrogens is 2. The summed E-state index contributed by atoms with van der Waals surface area (Å²) in [4.78, 5) is 61.7. The molecule has 0 amide bonds. The molecule has 0 bridgehead atoms. The second-order valence-electron chi connectivity index (χ2n) is 16.9. The first-order chi connectivity index (χ1) is 31.5. The molecule has 19 nitrogen and oxygen atoms in total. The molecule has 1 aromatic rings. The zero-order valence-corrected chi connectivity index (χ0v) is 40.6. The normalized spacial score (nSPS) is 23.6. The number of carbonyl (C=O) groups excluding carboxylic acids is 2. The minimum Gasteiger partial charge on any atom is -0.462 e. The van der Waals surface area contributed by atoms with Crippen LogP contribution in [0.3, 0.4) is 0 Å². The Hall–Kier alpha value is -3.06. The van der Waals surface area contributed by atoms with Gasteiger partial charge in [0.05, 0.1) is 25.4 Å². The van der Waals surface area contributed by atoms with Gasteiger partial charge in [-0.25, -0.2) is 13.9 Å². The van der Waals surface area contributed by atoms with E-state index in [-0.39, 0.29) is 30.9 Å². The van der Waals surface area contributed by atoms with Crippen molar-refractivity contribution in [2.75, 3.05) is 25.6 Å². The number of aliphatic hydroxyl groups excluding tert-OH is 2. The standard InChI is InChI=1S/C45H75N3O16P2/c1-4-6-7-8-9-10-11-15-20-25-36-37(62-36)26-21-17-18-22-27-40(49)58-31-35(61-41(50)28-23-16-13-12-14-19-24-34(3)5-2)32-59-65(54,55)64-66(56,57)60-33-38-42(51)43(52)44(63-38)48-30-29-39(46)47-45(48)53/h9-10,15,17,20-21,29-30,34-38,42-44,51-52H,4-8,11-14,16,18-19,22-28,31-33H2,1-3H3,(H,54,55)(H,56,57)(H2,46,47,53)/b10-9-,20-15-,21-17-/t34?,35-,36?,37?,38-,42-,43-,44-/m1/s1. The van der Waals surface area contributed by atoms with Crippen LogP contribution in [0.5, 0.6) is 0 Å². The van der Waals surface area contributed by atoms with Crippen molar-refractivity contribution >= 4 is 33.4 Å². The molecule has 10 atom stereocenters.